The smallest absolute Gasteiger partial charge is 0.220 e. The zero-order valence-electron chi connectivity index (χ0n) is 11.4. The second-order valence-corrected chi connectivity index (χ2v) is 5.82. The highest BCUT2D eigenvalue weighted by molar-refractivity contribution is 5.75. The molecular weight excluding hydrogens is 229 g/mol. The Balaban J connectivity index is 2.23. The maximum Gasteiger partial charge on any atom is 0.220 e. The van der Waals surface area contributed by atoms with Gasteiger partial charge in [0.1, 0.15) is 5.82 Å². The van der Waals surface area contributed by atoms with Crippen molar-refractivity contribution in [2.45, 2.75) is 46.6 Å². The van der Waals surface area contributed by atoms with E-state index in [0.29, 0.717) is 13.0 Å². The molecule has 0 saturated heterocycles. The van der Waals surface area contributed by atoms with E-state index in [0.717, 1.165) is 18.4 Å². The van der Waals surface area contributed by atoms with Gasteiger partial charge < -0.3 is 5.32 Å². The maximum absolute atomic E-state index is 12.7. The molecule has 1 aromatic rings. The topological polar surface area (TPSA) is 29.1 Å². The molecule has 0 radical (unpaired) electrons. The fraction of sp³-hybridized carbons (Fsp3) is 0.533. The first-order valence-corrected chi connectivity index (χ1v) is 6.38. The van der Waals surface area contributed by atoms with Gasteiger partial charge in [0.25, 0.3) is 0 Å². The monoisotopic (exact) mass is 251 g/mol. The van der Waals surface area contributed by atoms with Crippen molar-refractivity contribution < 1.29 is 9.18 Å². The summed E-state index contributed by atoms with van der Waals surface area (Å²) >= 11 is 0. The third-order valence-corrected chi connectivity index (χ3v) is 2.73. The minimum atomic E-state index is -0.254. The Morgan fingerprint density at radius 1 is 1.22 bits per heavy atom. The van der Waals surface area contributed by atoms with E-state index in [4.69, 9.17) is 0 Å². The predicted molar refractivity (Wildman–Crippen MR) is 71.6 cm³/mol. The van der Waals surface area contributed by atoms with Gasteiger partial charge in [-0.15, -0.1) is 0 Å². The molecule has 100 valence electrons. The van der Waals surface area contributed by atoms with Crippen LogP contribution < -0.4 is 5.32 Å². The Bertz CT molecular complexity index is 378. The van der Waals surface area contributed by atoms with Crippen LogP contribution in [-0.4, -0.2) is 5.91 Å². The number of amides is 1. The van der Waals surface area contributed by atoms with Crippen LogP contribution in [0.3, 0.4) is 0 Å². The average Bonchev–Trinajstić information content (AvgIpc) is 2.26. The molecule has 18 heavy (non-hydrogen) atoms. The molecule has 0 bridgehead atoms. The number of carbonyl (C=O) groups is 1. The Hall–Kier alpha value is -1.38. The summed E-state index contributed by atoms with van der Waals surface area (Å²) in [7, 11) is 0. The lowest BCUT2D eigenvalue weighted by molar-refractivity contribution is -0.121. The summed E-state index contributed by atoms with van der Waals surface area (Å²) in [5, 5.41) is 2.84. The summed E-state index contributed by atoms with van der Waals surface area (Å²) in [6.07, 6.45) is 2.49. The first kappa shape index (κ1) is 14.7. The summed E-state index contributed by atoms with van der Waals surface area (Å²) < 4.78 is 12.7. The Labute approximate surface area is 109 Å². The standard InChI is InChI=1S/C15H22FNO/c1-15(2,3)10-4-5-14(18)17-11-12-6-8-13(16)9-7-12/h6-9H,4-5,10-11H2,1-3H3,(H,17,18). The fourth-order valence-electron chi connectivity index (χ4n) is 1.67. The number of nitrogens with one attached hydrogen (secondary N) is 1. The van der Waals surface area contributed by atoms with Gasteiger partial charge in [-0.05, 0) is 36.0 Å². The largest absolute Gasteiger partial charge is 0.352 e. The van der Waals surface area contributed by atoms with E-state index in [1.165, 1.54) is 12.1 Å². The van der Waals surface area contributed by atoms with Crippen LogP contribution in [0.15, 0.2) is 24.3 Å². The molecule has 3 heteroatoms. The number of hydrogen-bond acceptors (Lipinski definition) is 1. The van der Waals surface area contributed by atoms with E-state index in [2.05, 4.69) is 26.1 Å². The number of hydrogen-bond donors (Lipinski definition) is 1. The summed E-state index contributed by atoms with van der Waals surface area (Å²) in [4.78, 5) is 11.6. The molecule has 0 aliphatic rings. The van der Waals surface area contributed by atoms with Crippen molar-refractivity contribution in [3.05, 3.63) is 35.6 Å². The Morgan fingerprint density at radius 3 is 2.39 bits per heavy atom. The molecule has 1 N–H and O–H groups in total. The molecule has 2 nitrogen and oxygen atoms in total. The van der Waals surface area contributed by atoms with Crippen LogP contribution >= 0.6 is 0 Å². The summed E-state index contributed by atoms with van der Waals surface area (Å²) in [5.74, 6) is -0.196. The lowest BCUT2D eigenvalue weighted by Gasteiger charge is -2.17. The lowest BCUT2D eigenvalue weighted by atomic mass is 9.90. The number of rotatable bonds is 5. The molecule has 0 atom stereocenters. The number of halogens is 1. The number of benzene rings is 1. The molecule has 1 aromatic carbocycles. The van der Waals surface area contributed by atoms with Crippen LogP contribution in [0, 0.1) is 11.2 Å². The van der Waals surface area contributed by atoms with E-state index >= 15 is 0 Å². The van der Waals surface area contributed by atoms with Gasteiger partial charge in [-0.25, -0.2) is 4.39 Å². The lowest BCUT2D eigenvalue weighted by Crippen LogP contribution is -2.22. The normalized spacial score (nSPS) is 11.3. The van der Waals surface area contributed by atoms with Crippen LogP contribution in [0.1, 0.15) is 45.6 Å². The van der Waals surface area contributed by atoms with Crippen molar-refractivity contribution in [2.75, 3.05) is 0 Å². The second kappa shape index (κ2) is 6.53. The fourth-order valence-corrected chi connectivity index (χ4v) is 1.67. The molecule has 0 aliphatic heterocycles. The first-order chi connectivity index (χ1) is 8.37. The molecule has 1 rings (SSSR count). The van der Waals surface area contributed by atoms with Gasteiger partial charge in [-0.2, -0.15) is 0 Å². The van der Waals surface area contributed by atoms with Crippen molar-refractivity contribution in [1.82, 2.24) is 5.32 Å². The van der Waals surface area contributed by atoms with Crippen molar-refractivity contribution in [2.24, 2.45) is 5.41 Å². The first-order valence-electron chi connectivity index (χ1n) is 6.38. The molecule has 0 saturated carbocycles. The highest BCUT2D eigenvalue weighted by Crippen LogP contribution is 2.21. The minimum absolute atomic E-state index is 0.0589. The van der Waals surface area contributed by atoms with Crippen molar-refractivity contribution >= 4 is 5.91 Å². The van der Waals surface area contributed by atoms with E-state index in [-0.39, 0.29) is 17.1 Å². The molecule has 0 aliphatic carbocycles. The van der Waals surface area contributed by atoms with Gasteiger partial charge in [0.05, 0.1) is 0 Å². The van der Waals surface area contributed by atoms with Gasteiger partial charge in [0.2, 0.25) is 5.91 Å². The van der Waals surface area contributed by atoms with Crippen LogP contribution in [0.5, 0.6) is 0 Å². The molecular formula is C15H22FNO. The van der Waals surface area contributed by atoms with Gasteiger partial charge in [0.15, 0.2) is 0 Å². The number of carbonyl (C=O) groups excluding carboxylic acids is 1. The maximum atomic E-state index is 12.7. The van der Waals surface area contributed by atoms with Gasteiger partial charge in [-0.1, -0.05) is 32.9 Å². The average molecular weight is 251 g/mol. The van der Waals surface area contributed by atoms with Crippen LogP contribution in [-0.2, 0) is 11.3 Å². The molecule has 0 unspecified atom stereocenters. The highest BCUT2D eigenvalue weighted by Gasteiger charge is 2.10. The zero-order chi connectivity index (χ0) is 13.6. The summed E-state index contributed by atoms with van der Waals surface area (Å²) in [5.41, 5.74) is 1.19. The van der Waals surface area contributed by atoms with Gasteiger partial charge in [-0.3, -0.25) is 4.79 Å². The Kier molecular flexibility index (Phi) is 5.32. The Morgan fingerprint density at radius 2 is 1.83 bits per heavy atom. The van der Waals surface area contributed by atoms with Gasteiger partial charge >= 0.3 is 0 Å². The molecule has 0 aromatic heterocycles. The summed E-state index contributed by atoms with van der Waals surface area (Å²) in [6, 6.07) is 6.18. The molecule has 1 amide bonds. The molecule has 0 heterocycles. The van der Waals surface area contributed by atoms with Crippen LogP contribution in [0.2, 0.25) is 0 Å². The molecule has 0 spiro atoms. The van der Waals surface area contributed by atoms with Gasteiger partial charge in [0, 0.05) is 13.0 Å². The summed E-state index contributed by atoms with van der Waals surface area (Å²) in [6.45, 7) is 6.98. The van der Waals surface area contributed by atoms with E-state index < -0.39 is 0 Å². The minimum Gasteiger partial charge on any atom is -0.352 e. The van der Waals surface area contributed by atoms with Crippen molar-refractivity contribution in [3.8, 4) is 0 Å². The SMILES string of the molecule is CC(C)(C)CCCC(=O)NCc1ccc(F)cc1. The van der Waals surface area contributed by atoms with E-state index in [1.54, 1.807) is 12.1 Å². The van der Waals surface area contributed by atoms with Crippen molar-refractivity contribution in [1.29, 1.82) is 0 Å². The third-order valence-electron chi connectivity index (χ3n) is 2.73. The second-order valence-electron chi connectivity index (χ2n) is 5.82. The quantitative estimate of drug-likeness (QED) is 0.850. The van der Waals surface area contributed by atoms with Crippen molar-refractivity contribution in [3.63, 3.8) is 0 Å². The molecule has 0 fully saturated rings. The third kappa shape index (κ3) is 6.38. The predicted octanol–water partition coefficient (Wildman–Crippen LogP) is 3.66. The van der Waals surface area contributed by atoms with E-state index in [9.17, 15) is 9.18 Å². The zero-order valence-corrected chi connectivity index (χ0v) is 11.4. The highest BCUT2D eigenvalue weighted by atomic mass is 19.1. The van der Waals surface area contributed by atoms with Crippen LogP contribution in [0.4, 0.5) is 4.39 Å². The van der Waals surface area contributed by atoms with E-state index in [1.807, 2.05) is 0 Å². The van der Waals surface area contributed by atoms with Crippen LogP contribution in [0.25, 0.3) is 0 Å².